The third kappa shape index (κ3) is 12.2. The van der Waals surface area contributed by atoms with Crippen molar-refractivity contribution >= 4 is 12.4 Å². The third-order valence-corrected chi connectivity index (χ3v) is 0.999. The van der Waals surface area contributed by atoms with E-state index in [0.717, 1.165) is 0 Å². The Hall–Kier alpha value is -0.470. The summed E-state index contributed by atoms with van der Waals surface area (Å²) in [5.74, 6) is 0. The number of nitriles is 1. The minimum absolute atomic E-state index is 0. The fourth-order valence-corrected chi connectivity index (χ4v) is 0.499. The summed E-state index contributed by atoms with van der Waals surface area (Å²) in [6.07, 6.45) is -4.68. The molecule has 0 saturated carbocycles. The summed E-state index contributed by atoms with van der Waals surface area (Å²) < 4.78 is 34.4. The maximum atomic E-state index is 11.5. The van der Waals surface area contributed by atoms with Crippen LogP contribution in [0.2, 0.25) is 0 Å². The van der Waals surface area contributed by atoms with Gasteiger partial charge in [-0.1, -0.05) is 0 Å². The van der Waals surface area contributed by atoms with Crippen molar-refractivity contribution in [3.05, 3.63) is 0 Å². The molecule has 0 bridgehead atoms. The zero-order chi connectivity index (χ0) is 8.74. The molecule has 12 heavy (non-hydrogen) atoms. The summed E-state index contributed by atoms with van der Waals surface area (Å²) in [7, 11) is 0. The monoisotopic (exact) mass is 202 g/mol. The van der Waals surface area contributed by atoms with Crippen molar-refractivity contribution in [2.24, 2.45) is 0 Å². The van der Waals surface area contributed by atoms with Crippen molar-refractivity contribution in [1.29, 1.82) is 5.26 Å². The van der Waals surface area contributed by atoms with Crippen LogP contribution in [0.4, 0.5) is 13.2 Å². The molecule has 0 aliphatic heterocycles. The maximum Gasteiger partial charge on any atom is 0.390 e. The first-order valence-electron chi connectivity index (χ1n) is 3.20. The van der Waals surface area contributed by atoms with Gasteiger partial charge in [-0.3, -0.25) is 0 Å². The van der Waals surface area contributed by atoms with Crippen LogP contribution in [0, 0.1) is 11.3 Å². The van der Waals surface area contributed by atoms with Crippen molar-refractivity contribution in [3.8, 4) is 6.07 Å². The van der Waals surface area contributed by atoms with Crippen LogP contribution in [-0.2, 0) is 0 Å². The fourth-order valence-electron chi connectivity index (χ4n) is 0.499. The lowest BCUT2D eigenvalue weighted by Crippen LogP contribution is -2.22. The summed E-state index contributed by atoms with van der Waals surface area (Å²) in [6.45, 7) is 0.220. The standard InChI is InChI=1S/C6H9F3N2.ClH/c7-6(8,9)2-5-11-4-1-3-10;/h11H,1-2,4-5H2;1H. The zero-order valence-corrected chi connectivity index (χ0v) is 7.13. The number of hydrogen-bond donors (Lipinski definition) is 1. The lowest BCUT2D eigenvalue weighted by atomic mass is 10.4. The minimum Gasteiger partial charge on any atom is -0.315 e. The highest BCUT2D eigenvalue weighted by Crippen LogP contribution is 2.17. The fraction of sp³-hybridized carbons (Fsp3) is 0.833. The number of alkyl halides is 3. The summed E-state index contributed by atoms with van der Waals surface area (Å²) in [5.41, 5.74) is 0. The van der Waals surface area contributed by atoms with Gasteiger partial charge in [0.05, 0.1) is 12.5 Å². The van der Waals surface area contributed by atoms with Gasteiger partial charge in [0.25, 0.3) is 0 Å². The second kappa shape index (κ2) is 7.19. The predicted octanol–water partition coefficient (Wildman–Crippen LogP) is 1.86. The van der Waals surface area contributed by atoms with Crippen LogP contribution < -0.4 is 5.32 Å². The zero-order valence-electron chi connectivity index (χ0n) is 6.32. The summed E-state index contributed by atoms with van der Waals surface area (Å²) in [6, 6.07) is 1.82. The summed E-state index contributed by atoms with van der Waals surface area (Å²) in [4.78, 5) is 0. The second-order valence-corrected chi connectivity index (χ2v) is 2.02. The van der Waals surface area contributed by atoms with Crippen molar-refractivity contribution in [3.63, 3.8) is 0 Å². The SMILES string of the molecule is Cl.N#CCCNCCC(F)(F)F. The molecule has 0 rings (SSSR count). The first kappa shape index (κ1) is 14.1. The lowest BCUT2D eigenvalue weighted by molar-refractivity contribution is -0.133. The Labute approximate surface area is 75.2 Å². The normalized spacial score (nSPS) is 10.2. The highest BCUT2D eigenvalue weighted by Gasteiger charge is 2.25. The number of halogens is 4. The quantitative estimate of drug-likeness (QED) is 0.707. The average Bonchev–Trinajstić information content (AvgIpc) is 1.85. The van der Waals surface area contributed by atoms with Gasteiger partial charge in [-0.15, -0.1) is 12.4 Å². The van der Waals surface area contributed by atoms with E-state index < -0.39 is 12.6 Å². The van der Waals surface area contributed by atoms with Crippen LogP contribution in [0.3, 0.4) is 0 Å². The van der Waals surface area contributed by atoms with Gasteiger partial charge >= 0.3 is 6.18 Å². The van der Waals surface area contributed by atoms with Crippen LogP contribution in [-0.4, -0.2) is 19.3 Å². The van der Waals surface area contributed by atoms with Gasteiger partial charge in [-0.05, 0) is 0 Å². The molecule has 0 aliphatic rings. The van der Waals surface area contributed by atoms with E-state index in [1.807, 2.05) is 6.07 Å². The van der Waals surface area contributed by atoms with E-state index in [-0.39, 0.29) is 25.4 Å². The molecule has 2 nitrogen and oxygen atoms in total. The first-order chi connectivity index (χ1) is 5.06. The Morgan fingerprint density at radius 2 is 1.83 bits per heavy atom. The lowest BCUT2D eigenvalue weighted by Gasteiger charge is -2.05. The molecule has 0 aromatic heterocycles. The van der Waals surface area contributed by atoms with Crippen LogP contribution in [0.5, 0.6) is 0 Å². The molecular weight excluding hydrogens is 193 g/mol. The molecule has 0 saturated heterocycles. The molecule has 0 aromatic carbocycles. The van der Waals surface area contributed by atoms with Crippen molar-refractivity contribution < 1.29 is 13.2 Å². The van der Waals surface area contributed by atoms with E-state index in [9.17, 15) is 13.2 Å². The predicted molar refractivity (Wildman–Crippen MR) is 41.0 cm³/mol. The number of rotatable bonds is 4. The summed E-state index contributed by atoms with van der Waals surface area (Å²) >= 11 is 0. The van der Waals surface area contributed by atoms with E-state index in [0.29, 0.717) is 6.54 Å². The molecule has 0 amide bonds. The molecule has 0 fully saturated rings. The molecule has 72 valence electrons. The highest BCUT2D eigenvalue weighted by atomic mass is 35.5. The molecule has 0 heterocycles. The van der Waals surface area contributed by atoms with Crippen LogP contribution in [0.25, 0.3) is 0 Å². The van der Waals surface area contributed by atoms with Gasteiger partial charge in [0.2, 0.25) is 0 Å². The van der Waals surface area contributed by atoms with Gasteiger partial charge < -0.3 is 5.32 Å². The smallest absolute Gasteiger partial charge is 0.315 e. The molecule has 6 heteroatoms. The second-order valence-electron chi connectivity index (χ2n) is 2.02. The summed E-state index contributed by atoms with van der Waals surface area (Å²) in [5, 5.41) is 10.5. The molecule has 0 atom stereocenters. The van der Waals surface area contributed by atoms with Gasteiger partial charge in [0.15, 0.2) is 0 Å². The van der Waals surface area contributed by atoms with E-state index in [4.69, 9.17) is 5.26 Å². The van der Waals surface area contributed by atoms with Crippen LogP contribution >= 0.6 is 12.4 Å². The van der Waals surface area contributed by atoms with Gasteiger partial charge in [0.1, 0.15) is 0 Å². The maximum absolute atomic E-state index is 11.5. The Kier molecular flexibility index (Phi) is 8.44. The highest BCUT2D eigenvalue weighted by molar-refractivity contribution is 5.85. The third-order valence-electron chi connectivity index (χ3n) is 0.999. The molecule has 0 unspecified atom stereocenters. The van der Waals surface area contributed by atoms with Gasteiger partial charge in [0, 0.05) is 19.5 Å². The van der Waals surface area contributed by atoms with Crippen molar-refractivity contribution in [1.82, 2.24) is 5.32 Å². The Morgan fingerprint density at radius 1 is 1.25 bits per heavy atom. The van der Waals surface area contributed by atoms with E-state index in [1.54, 1.807) is 0 Å². The Morgan fingerprint density at radius 3 is 2.25 bits per heavy atom. The molecular formula is C6H10ClF3N2. The van der Waals surface area contributed by atoms with Gasteiger partial charge in [-0.2, -0.15) is 18.4 Å². The largest absolute Gasteiger partial charge is 0.390 e. The van der Waals surface area contributed by atoms with Crippen LogP contribution in [0.15, 0.2) is 0 Å². The van der Waals surface area contributed by atoms with Crippen LogP contribution in [0.1, 0.15) is 12.8 Å². The minimum atomic E-state index is -4.10. The molecule has 0 spiro atoms. The number of nitrogens with zero attached hydrogens (tertiary/aromatic N) is 1. The molecule has 0 aliphatic carbocycles. The van der Waals surface area contributed by atoms with Gasteiger partial charge in [-0.25, -0.2) is 0 Å². The molecule has 0 radical (unpaired) electrons. The topological polar surface area (TPSA) is 35.8 Å². The Balaban J connectivity index is 0. The van der Waals surface area contributed by atoms with Crippen molar-refractivity contribution in [2.75, 3.05) is 13.1 Å². The number of hydrogen-bond acceptors (Lipinski definition) is 2. The Bertz CT molecular complexity index is 141. The van der Waals surface area contributed by atoms with E-state index in [2.05, 4.69) is 5.32 Å². The molecule has 0 aromatic rings. The number of nitrogens with one attached hydrogen (secondary N) is 1. The molecule has 1 N–H and O–H groups in total. The first-order valence-corrected chi connectivity index (χ1v) is 3.20. The van der Waals surface area contributed by atoms with Crippen molar-refractivity contribution in [2.45, 2.75) is 19.0 Å². The van der Waals surface area contributed by atoms with E-state index in [1.165, 1.54) is 0 Å². The van der Waals surface area contributed by atoms with E-state index >= 15 is 0 Å². The average molecular weight is 203 g/mol.